The summed E-state index contributed by atoms with van der Waals surface area (Å²) < 4.78 is 0. The predicted octanol–water partition coefficient (Wildman–Crippen LogP) is 5.97. The van der Waals surface area contributed by atoms with Gasteiger partial charge in [-0.15, -0.1) is 0 Å². The highest BCUT2D eigenvalue weighted by atomic mass is 35.5. The number of hydrogen-bond acceptors (Lipinski definition) is 2. The summed E-state index contributed by atoms with van der Waals surface area (Å²) in [5.74, 6) is 0. The molecule has 0 saturated heterocycles. The smallest absolute Gasteiger partial charge is 0.0636 e. The Hall–Kier alpha value is -1.38. The van der Waals surface area contributed by atoms with Gasteiger partial charge in [-0.25, -0.2) is 0 Å². The number of anilines is 2. The minimum Gasteiger partial charge on any atom is -0.399 e. The largest absolute Gasteiger partial charge is 0.399 e. The normalized spacial score (nSPS) is 9.95. The van der Waals surface area contributed by atoms with Crippen molar-refractivity contribution in [1.29, 1.82) is 0 Å². The van der Waals surface area contributed by atoms with Gasteiger partial charge in [-0.1, -0.05) is 61.5 Å². The summed E-state index contributed by atoms with van der Waals surface area (Å²) >= 11 is 11.2. The average molecular weight is 339 g/mol. The first kappa shape index (κ1) is 18.7. The lowest BCUT2D eigenvalue weighted by atomic mass is 10.1. The lowest BCUT2D eigenvalue weighted by Gasteiger charge is -2.01. The van der Waals surface area contributed by atoms with Crippen LogP contribution in [0.1, 0.15) is 38.2 Å². The number of nitrogen functional groups attached to an aromatic ring is 2. The summed E-state index contributed by atoms with van der Waals surface area (Å²) in [6, 6.07) is 13.2. The molecule has 120 valence electrons. The van der Waals surface area contributed by atoms with Crippen LogP contribution < -0.4 is 11.5 Å². The van der Waals surface area contributed by atoms with Gasteiger partial charge in [0.25, 0.3) is 0 Å². The molecule has 2 nitrogen and oxygen atoms in total. The van der Waals surface area contributed by atoms with Crippen molar-refractivity contribution in [1.82, 2.24) is 0 Å². The lowest BCUT2D eigenvalue weighted by molar-refractivity contribution is 0.667. The van der Waals surface area contributed by atoms with Crippen molar-refractivity contribution in [2.75, 3.05) is 11.5 Å². The summed E-state index contributed by atoms with van der Waals surface area (Å²) in [6.07, 6.45) is 6.45. The van der Waals surface area contributed by atoms with Crippen molar-refractivity contribution in [2.45, 2.75) is 39.0 Å². The average Bonchev–Trinajstić information content (AvgIpc) is 2.49. The van der Waals surface area contributed by atoms with E-state index >= 15 is 0 Å². The minimum absolute atomic E-state index is 0.518. The van der Waals surface area contributed by atoms with Crippen molar-refractivity contribution in [3.8, 4) is 0 Å². The second kappa shape index (κ2) is 10.4. The molecule has 0 amide bonds. The fourth-order valence-electron chi connectivity index (χ4n) is 2.02. The molecule has 0 radical (unpaired) electrons. The Labute approximate surface area is 143 Å². The first-order valence-corrected chi connectivity index (χ1v) is 8.33. The SMILES string of the molecule is CCCCCCc1cccc(N)c1.Nc1cc(Cl)ccc1Cl. The summed E-state index contributed by atoms with van der Waals surface area (Å²) in [4.78, 5) is 0. The quantitative estimate of drug-likeness (QED) is 0.521. The van der Waals surface area contributed by atoms with Crippen molar-refractivity contribution in [3.63, 3.8) is 0 Å². The Morgan fingerprint density at radius 3 is 2.27 bits per heavy atom. The van der Waals surface area contributed by atoms with Gasteiger partial charge < -0.3 is 11.5 Å². The van der Waals surface area contributed by atoms with E-state index in [1.54, 1.807) is 18.2 Å². The second-order valence-electron chi connectivity index (χ2n) is 5.22. The van der Waals surface area contributed by atoms with Gasteiger partial charge >= 0.3 is 0 Å². The maximum absolute atomic E-state index is 5.69. The van der Waals surface area contributed by atoms with Crippen LogP contribution in [0.25, 0.3) is 0 Å². The molecule has 0 aromatic heterocycles. The molecule has 0 unspecified atom stereocenters. The van der Waals surface area contributed by atoms with Crippen LogP contribution in [0.3, 0.4) is 0 Å². The summed E-state index contributed by atoms with van der Waals surface area (Å²) in [7, 11) is 0. The fourth-order valence-corrected chi connectivity index (χ4v) is 2.32. The van der Waals surface area contributed by atoms with Gasteiger partial charge in [-0.3, -0.25) is 0 Å². The molecule has 0 saturated carbocycles. The number of rotatable bonds is 5. The Morgan fingerprint density at radius 1 is 0.909 bits per heavy atom. The van der Waals surface area contributed by atoms with Gasteiger partial charge in [-0.05, 0) is 48.7 Å². The number of nitrogens with two attached hydrogens (primary N) is 2. The molecule has 0 fully saturated rings. The third-order valence-corrected chi connectivity index (χ3v) is 3.81. The van der Waals surface area contributed by atoms with Gasteiger partial charge in [0.05, 0.1) is 10.7 Å². The molecule has 0 bridgehead atoms. The second-order valence-corrected chi connectivity index (χ2v) is 6.07. The van der Waals surface area contributed by atoms with Crippen molar-refractivity contribution < 1.29 is 0 Å². The van der Waals surface area contributed by atoms with Gasteiger partial charge in [0.15, 0.2) is 0 Å². The molecule has 0 atom stereocenters. The van der Waals surface area contributed by atoms with Gasteiger partial charge in [0, 0.05) is 10.7 Å². The maximum Gasteiger partial charge on any atom is 0.0636 e. The topological polar surface area (TPSA) is 52.0 Å². The van der Waals surface area contributed by atoms with Crippen molar-refractivity contribution in [2.24, 2.45) is 0 Å². The van der Waals surface area contributed by atoms with E-state index in [-0.39, 0.29) is 0 Å². The Bertz CT molecular complexity index is 571. The van der Waals surface area contributed by atoms with Gasteiger partial charge in [0.2, 0.25) is 0 Å². The van der Waals surface area contributed by atoms with E-state index in [2.05, 4.69) is 19.1 Å². The van der Waals surface area contributed by atoms with Crippen LogP contribution in [0.2, 0.25) is 10.0 Å². The fraction of sp³-hybridized carbons (Fsp3) is 0.333. The van der Waals surface area contributed by atoms with E-state index in [9.17, 15) is 0 Å². The first-order valence-electron chi connectivity index (χ1n) is 7.58. The molecule has 0 aliphatic carbocycles. The molecule has 4 N–H and O–H groups in total. The minimum atomic E-state index is 0.518. The summed E-state index contributed by atoms with van der Waals surface area (Å²) in [5.41, 5.74) is 13.9. The van der Waals surface area contributed by atoms with Gasteiger partial charge in [-0.2, -0.15) is 0 Å². The zero-order chi connectivity index (χ0) is 16.4. The zero-order valence-corrected chi connectivity index (χ0v) is 14.5. The highest BCUT2D eigenvalue weighted by Gasteiger charge is 1.94. The van der Waals surface area contributed by atoms with Crippen LogP contribution in [0.5, 0.6) is 0 Å². The lowest BCUT2D eigenvalue weighted by Crippen LogP contribution is -1.89. The zero-order valence-electron chi connectivity index (χ0n) is 13.0. The summed E-state index contributed by atoms with van der Waals surface area (Å²) in [6.45, 7) is 2.24. The molecule has 0 heterocycles. The molecule has 0 aliphatic rings. The third-order valence-electron chi connectivity index (χ3n) is 3.23. The monoisotopic (exact) mass is 338 g/mol. The number of aryl methyl sites for hydroxylation is 1. The Balaban J connectivity index is 0.000000235. The number of halogens is 2. The molecule has 0 spiro atoms. The standard InChI is InChI=1S/C12H19N.C6H5Cl2N/c1-2-3-4-5-7-11-8-6-9-12(13)10-11;7-4-1-2-5(8)6(9)3-4/h6,8-10H,2-5,7,13H2,1H3;1-3H,9H2. The van der Waals surface area contributed by atoms with E-state index in [1.807, 2.05) is 12.1 Å². The van der Waals surface area contributed by atoms with E-state index < -0.39 is 0 Å². The van der Waals surface area contributed by atoms with Crippen LogP contribution in [-0.2, 0) is 6.42 Å². The molecular weight excluding hydrogens is 315 g/mol. The van der Waals surface area contributed by atoms with Crippen molar-refractivity contribution in [3.05, 3.63) is 58.1 Å². The number of benzene rings is 2. The first-order chi connectivity index (χ1) is 10.5. The van der Waals surface area contributed by atoms with E-state index in [0.717, 1.165) is 5.69 Å². The number of hydrogen-bond donors (Lipinski definition) is 2. The highest BCUT2D eigenvalue weighted by molar-refractivity contribution is 6.35. The highest BCUT2D eigenvalue weighted by Crippen LogP contribution is 2.21. The van der Waals surface area contributed by atoms with Gasteiger partial charge in [0.1, 0.15) is 0 Å². The van der Waals surface area contributed by atoms with Crippen LogP contribution in [0, 0.1) is 0 Å². The molecule has 4 heteroatoms. The molecule has 2 rings (SSSR count). The van der Waals surface area contributed by atoms with Crippen LogP contribution in [-0.4, -0.2) is 0 Å². The molecule has 2 aromatic rings. The summed E-state index contributed by atoms with van der Waals surface area (Å²) in [5, 5.41) is 1.15. The van der Waals surface area contributed by atoms with E-state index in [0.29, 0.717) is 15.7 Å². The van der Waals surface area contributed by atoms with Crippen LogP contribution in [0.15, 0.2) is 42.5 Å². The van der Waals surface area contributed by atoms with E-state index in [4.69, 9.17) is 34.7 Å². The molecule has 0 aliphatic heterocycles. The Kier molecular flexibility index (Phi) is 8.79. The maximum atomic E-state index is 5.69. The Morgan fingerprint density at radius 2 is 1.68 bits per heavy atom. The molecular formula is C18H24Cl2N2. The molecule has 2 aromatic carbocycles. The van der Waals surface area contributed by atoms with Crippen molar-refractivity contribution >= 4 is 34.6 Å². The molecule has 22 heavy (non-hydrogen) atoms. The van der Waals surface area contributed by atoms with Crippen LogP contribution >= 0.6 is 23.2 Å². The number of unbranched alkanes of at least 4 members (excludes halogenated alkanes) is 3. The predicted molar refractivity (Wildman–Crippen MR) is 99.6 cm³/mol. The van der Waals surface area contributed by atoms with Crippen LogP contribution in [0.4, 0.5) is 11.4 Å². The third kappa shape index (κ3) is 7.58. The van der Waals surface area contributed by atoms with E-state index in [1.165, 1.54) is 37.7 Å².